The van der Waals surface area contributed by atoms with E-state index in [2.05, 4.69) is 19.1 Å². The molecule has 2 aromatic heterocycles. The number of nitrogens with zero attached hydrogens (tertiary/aromatic N) is 3. The molecule has 0 aliphatic heterocycles. The second kappa shape index (κ2) is 6.85. The third-order valence-electron chi connectivity index (χ3n) is 2.96. The van der Waals surface area contributed by atoms with Gasteiger partial charge in [-0.2, -0.15) is 17.5 Å². The van der Waals surface area contributed by atoms with Crippen molar-refractivity contribution in [2.75, 3.05) is 0 Å². The Morgan fingerprint density at radius 3 is 2.54 bits per heavy atom. The van der Waals surface area contributed by atoms with Gasteiger partial charge in [-0.25, -0.2) is 13.9 Å². The van der Waals surface area contributed by atoms with E-state index in [4.69, 9.17) is 0 Å². The highest BCUT2D eigenvalue weighted by Gasteiger charge is 2.33. The number of hydrogen-bond acceptors (Lipinski definition) is 5. The van der Waals surface area contributed by atoms with Crippen LogP contribution in [0.2, 0.25) is 0 Å². The molecule has 2 unspecified atom stereocenters. The predicted octanol–water partition coefficient (Wildman–Crippen LogP) is 3.73. The van der Waals surface area contributed by atoms with Crippen LogP contribution in [0.15, 0.2) is 18.3 Å². The van der Waals surface area contributed by atoms with Crippen molar-refractivity contribution in [2.45, 2.75) is 44.7 Å². The molecule has 0 amide bonds. The molecule has 0 bridgehead atoms. The molecule has 1 N–H and O–H groups in total. The Balaban J connectivity index is 2.21. The number of rotatable bonds is 4. The van der Waals surface area contributed by atoms with Gasteiger partial charge in [0.25, 0.3) is 0 Å². The summed E-state index contributed by atoms with van der Waals surface area (Å²) in [5.41, 5.74) is -0.750. The fourth-order valence-corrected chi connectivity index (χ4v) is 3.17. The van der Waals surface area contributed by atoms with E-state index in [0.717, 1.165) is 23.8 Å². The predicted molar refractivity (Wildman–Crippen MR) is 87.6 cm³/mol. The van der Waals surface area contributed by atoms with Crippen LogP contribution in [-0.4, -0.2) is 23.3 Å². The third kappa shape index (κ3) is 4.58. The summed E-state index contributed by atoms with van der Waals surface area (Å²) in [4.78, 5) is 7.57. The van der Waals surface area contributed by atoms with Gasteiger partial charge in [0.05, 0.1) is 21.8 Å². The first-order chi connectivity index (χ1) is 11.0. The van der Waals surface area contributed by atoms with Crippen LogP contribution < -0.4 is 4.72 Å². The number of nitrogens with one attached hydrogen (secondary N) is 1. The van der Waals surface area contributed by atoms with E-state index in [1.54, 1.807) is 6.92 Å². The summed E-state index contributed by atoms with van der Waals surface area (Å²) in [5.74, 6) is 0.193. The standard InChI is InChI=1S/C14H17F3N4OS2/c1-8(21-24(22)13(2,3)4)12-19-11(20-23-12)9-5-6-18-10(7-9)14(15,16)17/h5-8,21H,1-4H3. The molecule has 2 rings (SSSR count). The Hall–Kier alpha value is -1.39. The van der Waals surface area contributed by atoms with Crippen molar-refractivity contribution in [1.82, 2.24) is 19.1 Å². The van der Waals surface area contributed by atoms with Crippen molar-refractivity contribution >= 4 is 22.5 Å². The lowest BCUT2D eigenvalue weighted by atomic mass is 10.2. The van der Waals surface area contributed by atoms with Crippen molar-refractivity contribution in [3.63, 3.8) is 0 Å². The second-order valence-electron chi connectivity index (χ2n) is 6.10. The molecule has 0 saturated heterocycles. The lowest BCUT2D eigenvalue weighted by molar-refractivity contribution is -0.141. The molecule has 2 heterocycles. The molecular formula is C14H17F3N4OS2. The van der Waals surface area contributed by atoms with Gasteiger partial charge < -0.3 is 0 Å². The molecule has 24 heavy (non-hydrogen) atoms. The number of pyridine rings is 1. The quantitative estimate of drug-likeness (QED) is 0.880. The Kier molecular flexibility index (Phi) is 5.41. The minimum Gasteiger partial charge on any atom is -0.252 e. The van der Waals surface area contributed by atoms with Gasteiger partial charge in [-0.05, 0) is 51.4 Å². The van der Waals surface area contributed by atoms with Crippen LogP contribution in [0.3, 0.4) is 0 Å². The molecule has 2 atom stereocenters. The van der Waals surface area contributed by atoms with E-state index in [1.807, 2.05) is 20.8 Å². The molecule has 0 spiro atoms. The van der Waals surface area contributed by atoms with Gasteiger partial charge in [-0.3, -0.25) is 4.98 Å². The molecule has 0 aliphatic carbocycles. The van der Waals surface area contributed by atoms with Crippen LogP contribution in [0, 0.1) is 0 Å². The summed E-state index contributed by atoms with van der Waals surface area (Å²) in [5, 5.41) is 0.549. The lowest BCUT2D eigenvalue weighted by Gasteiger charge is -2.20. The molecule has 0 radical (unpaired) electrons. The maximum atomic E-state index is 12.7. The summed E-state index contributed by atoms with van der Waals surface area (Å²) >= 11 is 1.06. The number of halogens is 3. The Morgan fingerprint density at radius 1 is 1.29 bits per heavy atom. The molecule has 132 valence electrons. The average molecular weight is 378 g/mol. The second-order valence-corrected chi connectivity index (χ2v) is 8.89. The summed E-state index contributed by atoms with van der Waals surface area (Å²) in [6.07, 6.45) is -3.44. The first kappa shape index (κ1) is 18.9. The van der Waals surface area contributed by atoms with Crippen LogP contribution in [0.1, 0.15) is 44.4 Å². The zero-order valence-electron chi connectivity index (χ0n) is 13.5. The minimum atomic E-state index is -4.52. The lowest BCUT2D eigenvalue weighted by Crippen LogP contribution is -2.34. The maximum absolute atomic E-state index is 12.7. The minimum absolute atomic E-state index is 0.193. The largest absolute Gasteiger partial charge is 0.433 e. The van der Waals surface area contributed by atoms with Crippen LogP contribution >= 0.6 is 11.5 Å². The Morgan fingerprint density at radius 2 is 1.96 bits per heavy atom. The van der Waals surface area contributed by atoms with E-state index in [-0.39, 0.29) is 17.4 Å². The SMILES string of the molecule is CC(NS(=O)C(C)(C)C)c1nc(-c2ccnc(C(F)(F)F)c2)ns1. The van der Waals surface area contributed by atoms with Crippen LogP contribution in [-0.2, 0) is 17.2 Å². The van der Waals surface area contributed by atoms with Crippen LogP contribution in [0.5, 0.6) is 0 Å². The number of aromatic nitrogens is 3. The normalized spacial score (nSPS) is 15.3. The molecule has 0 fully saturated rings. The van der Waals surface area contributed by atoms with E-state index in [1.165, 1.54) is 6.07 Å². The van der Waals surface area contributed by atoms with Crippen molar-refractivity contribution in [3.8, 4) is 11.4 Å². The first-order valence-corrected chi connectivity index (χ1v) is 8.96. The zero-order chi connectivity index (χ0) is 18.1. The van der Waals surface area contributed by atoms with E-state index >= 15 is 0 Å². The molecular weight excluding hydrogens is 361 g/mol. The highest BCUT2D eigenvalue weighted by atomic mass is 32.2. The van der Waals surface area contributed by atoms with Gasteiger partial charge >= 0.3 is 6.18 Å². The zero-order valence-corrected chi connectivity index (χ0v) is 15.1. The Labute approximate surface area is 144 Å². The van der Waals surface area contributed by atoms with E-state index < -0.39 is 27.6 Å². The van der Waals surface area contributed by atoms with Gasteiger partial charge in [0.15, 0.2) is 5.82 Å². The van der Waals surface area contributed by atoms with Gasteiger partial charge in [-0.1, -0.05) is 0 Å². The topological polar surface area (TPSA) is 67.8 Å². The molecule has 0 saturated carbocycles. The third-order valence-corrected chi connectivity index (χ3v) is 5.54. The summed E-state index contributed by atoms with van der Waals surface area (Å²) in [6.45, 7) is 7.29. The van der Waals surface area contributed by atoms with Gasteiger partial charge in [0.1, 0.15) is 10.7 Å². The number of hydrogen-bond donors (Lipinski definition) is 1. The van der Waals surface area contributed by atoms with Gasteiger partial charge in [0.2, 0.25) is 0 Å². The van der Waals surface area contributed by atoms with Crippen LogP contribution in [0.25, 0.3) is 11.4 Å². The summed E-state index contributed by atoms with van der Waals surface area (Å²) < 4.78 is 56.9. The molecule has 0 aromatic carbocycles. The van der Waals surface area contributed by atoms with Crippen molar-refractivity contribution in [1.29, 1.82) is 0 Å². The monoisotopic (exact) mass is 378 g/mol. The van der Waals surface area contributed by atoms with E-state index in [0.29, 0.717) is 5.01 Å². The van der Waals surface area contributed by atoms with Gasteiger partial charge in [0, 0.05) is 11.8 Å². The highest BCUT2D eigenvalue weighted by Crippen LogP contribution is 2.30. The Bertz CT molecular complexity index is 740. The average Bonchev–Trinajstić information content (AvgIpc) is 2.95. The molecule has 0 aliphatic rings. The fourth-order valence-electron chi connectivity index (χ4n) is 1.64. The van der Waals surface area contributed by atoms with E-state index in [9.17, 15) is 17.4 Å². The summed E-state index contributed by atoms with van der Waals surface area (Å²) in [7, 11) is -1.29. The number of alkyl halides is 3. The fraction of sp³-hybridized carbons (Fsp3) is 0.500. The maximum Gasteiger partial charge on any atom is 0.433 e. The molecule has 5 nitrogen and oxygen atoms in total. The highest BCUT2D eigenvalue weighted by molar-refractivity contribution is 7.84. The van der Waals surface area contributed by atoms with Crippen molar-refractivity contribution < 1.29 is 17.4 Å². The van der Waals surface area contributed by atoms with Gasteiger partial charge in [-0.15, -0.1) is 0 Å². The summed E-state index contributed by atoms with van der Waals surface area (Å²) in [6, 6.07) is 2.00. The molecule has 2 aromatic rings. The van der Waals surface area contributed by atoms with Crippen molar-refractivity contribution in [2.24, 2.45) is 0 Å². The van der Waals surface area contributed by atoms with Crippen LogP contribution in [0.4, 0.5) is 13.2 Å². The smallest absolute Gasteiger partial charge is 0.252 e. The molecule has 10 heteroatoms. The first-order valence-electron chi connectivity index (χ1n) is 7.04. The van der Waals surface area contributed by atoms with Crippen molar-refractivity contribution in [3.05, 3.63) is 29.0 Å².